The summed E-state index contributed by atoms with van der Waals surface area (Å²) in [6.07, 6.45) is -15.1. The summed E-state index contributed by atoms with van der Waals surface area (Å²) in [6.45, 7) is 11.2. The Morgan fingerprint density at radius 3 is 1.25 bits per heavy atom. The normalized spacial score (nSPS) is 22.7. The maximum atomic E-state index is 14.6. The van der Waals surface area contributed by atoms with Crippen molar-refractivity contribution in [2.45, 2.75) is 101 Å². The zero-order valence-corrected chi connectivity index (χ0v) is 46.4. The average molecular weight is 1120 g/mol. The summed E-state index contributed by atoms with van der Waals surface area (Å²) in [4.78, 5) is 83.8. The van der Waals surface area contributed by atoms with Crippen molar-refractivity contribution in [3.8, 4) is 0 Å². The van der Waals surface area contributed by atoms with Gasteiger partial charge in [0.15, 0.2) is 43.1 Å². The van der Waals surface area contributed by atoms with Gasteiger partial charge in [0.05, 0.1) is 35.5 Å². The number of hydrogen-bond acceptors (Lipinski definition) is 17. The highest BCUT2D eigenvalue weighted by atomic mass is 28.4. The molecule has 17 nitrogen and oxygen atoms in total. The molecular formula is C63H64O17Si. The summed E-state index contributed by atoms with van der Waals surface area (Å²) < 4.78 is 71.3. The SMILES string of the molecule is C=CCO[C@H]1O[C@H](CO[Si](c2ccccc2)(c2ccccc2)C(C)(C)C)[C@@H](O[C@H]2O[C@H](COC(=O)c3ccccc3)[C@@H](OC(=O)c3ccccc3)[C@H](OC(=O)c3ccccc3)[C@@H]2OC(=O)c2ccccc2)[C@H](OC(C)=O)[C@@H]1OC(C)=O. The average Bonchev–Trinajstić information content (AvgIpc) is 3.39. The smallest absolute Gasteiger partial charge is 0.338 e. The van der Waals surface area contributed by atoms with Crippen molar-refractivity contribution in [3.63, 3.8) is 0 Å². The standard InChI is InChI=1S/C63H64O17Si/c1-7-38-70-61-55(74-42(3)65)53(73-41(2)64)52(50(75-61)40-72-81(63(4,5)6,47-34-22-12-23-35-47)48-36-24-13-25-37-48)80-62-56(79-60(69)46-32-20-11-21-33-46)54(78-59(68)45-30-18-10-19-31-45)51(77-58(67)44-28-16-9-17-29-44)49(76-62)39-71-57(66)43-26-14-8-15-27-43/h7-37,49-56,61-62H,1,38-40H2,2-6H3/t49-,50-,51-,52-,53+,54+,55+,56+,61+,62-/m1/s1. The predicted molar refractivity (Wildman–Crippen MR) is 297 cm³/mol. The molecule has 0 amide bonds. The Bertz CT molecular complexity index is 3010. The first-order valence-corrected chi connectivity index (χ1v) is 28.3. The van der Waals surface area contributed by atoms with Gasteiger partial charge in [-0.25, -0.2) is 19.2 Å². The monoisotopic (exact) mass is 1120 g/mol. The van der Waals surface area contributed by atoms with E-state index >= 15 is 0 Å². The van der Waals surface area contributed by atoms with E-state index in [2.05, 4.69) is 27.4 Å². The van der Waals surface area contributed by atoms with Crippen molar-refractivity contribution < 1.29 is 80.6 Å². The molecule has 0 bridgehead atoms. The van der Waals surface area contributed by atoms with E-state index < -0.39 is 117 Å². The Kier molecular flexibility index (Phi) is 19.9. The maximum absolute atomic E-state index is 14.6. The third-order valence-electron chi connectivity index (χ3n) is 13.5. The van der Waals surface area contributed by atoms with Crippen molar-refractivity contribution in [3.05, 3.63) is 217 Å². The highest BCUT2D eigenvalue weighted by Crippen LogP contribution is 2.40. The van der Waals surface area contributed by atoms with Crippen LogP contribution in [0.2, 0.25) is 5.04 Å². The first-order chi connectivity index (χ1) is 39.1. The Hall–Kier alpha value is -8.10. The van der Waals surface area contributed by atoms with E-state index in [1.165, 1.54) is 54.6 Å². The number of ether oxygens (including phenoxy) is 10. The van der Waals surface area contributed by atoms with Gasteiger partial charge in [-0.3, -0.25) is 9.59 Å². The van der Waals surface area contributed by atoms with Gasteiger partial charge >= 0.3 is 35.8 Å². The molecule has 10 atom stereocenters. The van der Waals surface area contributed by atoms with Gasteiger partial charge < -0.3 is 51.8 Å². The predicted octanol–water partition coefficient (Wildman–Crippen LogP) is 8.00. The number of carbonyl (C=O) groups is 6. The lowest BCUT2D eigenvalue weighted by Crippen LogP contribution is -2.69. The number of rotatable bonds is 21. The van der Waals surface area contributed by atoms with Crippen LogP contribution in [-0.4, -0.2) is 125 Å². The molecule has 6 aromatic rings. The quantitative estimate of drug-likeness (QED) is 0.0290. The minimum absolute atomic E-state index is 0.0497. The molecule has 6 aromatic carbocycles. The number of carbonyl (C=O) groups excluding carboxylic acids is 6. The van der Waals surface area contributed by atoms with E-state index in [4.69, 9.17) is 51.8 Å². The number of esters is 6. The van der Waals surface area contributed by atoms with Gasteiger partial charge in [0.2, 0.25) is 0 Å². The maximum Gasteiger partial charge on any atom is 0.338 e. The third-order valence-corrected chi connectivity index (χ3v) is 18.5. The van der Waals surface area contributed by atoms with Crippen molar-refractivity contribution in [1.82, 2.24) is 0 Å². The lowest BCUT2D eigenvalue weighted by molar-refractivity contribution is -0.357. The van der Waals surface area contributed by atoms with Gasteiger partial charge in [-0.15, -0.1) is 6.58 Å². The van der Waals surface area contributed by atoms with Gasteiger partial charge in [0.25, 0.3) is 8.32 Å². The van der Waals surface area contributed by atoms with E-state index in [1.54, 1.807) is 72.8 Å². The lowest BCUT2D eigenvalue weighted by Gasteiger charge is -2.50. The number of benzene rings is 6. The Labute approximate surface area is 471 Å². The molecule has 422 valence electrons. The molecule has 8 rings (SSSR count). The van der Waals surface area contributed by atoms with Gasteiger partial charge in [0, 0.05) is 13.8 Å². The first-order valence-electron chi connectivity index (χ1n) is 26.4. The zero-order chi connectivity index (χ0) is 57.5. The molecule has 2 saturated heterocycles. The summed E-state index contributed by atoms with van der Waals surface area (Å²) in [5.41, 5.74) is 0.353. The van der Waals surface area contributed by atoms with Gasteiger partial charge in [0.1, 0.15) is 24.9 Å². The van der Waals surface area contributed by atoms with Crippen molar-refractivity contribution in [2.24, 2.45) is 0 Å². The molecule has 0 aromatic heterocycles. The summed E-state index contributed by atoms with van der Waals surface area (Å²) in [5.74, 6) is -5.27. The second kappa shape index (κ2) is 27.4. The van der Waals surface area contributed by atoms with Crippen LogP contribution >= 0.6 is 0 Å². The van der Waals surface area contributed by atoms with Crippen LogP contribution in [0, 0.1) is 0 Å². The summed E-state index contributed by atoms with van der Waals surface area (Å²) in [6, 6.07) is 51.3. The fraction of sp³-hybridized carbons (Fsp3) is 0.302. The zero-order valence-electron chi connectivity index (χ0n) is 45.4. The van der Waals surface area contributed by atoms with Crippen LogP contribution in [0.1, 0.15) is 76.1 Å². The van der Waals surface area contributed by atoms with Crippen LogP contribution < -0.4 is 10.4 Å². The molecule has 18 heteroatoms. The molecule has 0 saturated carbocycles. The van der Waals surface area contributed by atoms with Gasteiger partial charge in [-0.05, 0) is 63.9 Å². The van der Waals surface area contributed by atoms with E-state index in [1.807, 2.05) is 60.7 Å². The Balaban J connectivity index is 1.31. The molecule has 0 radical (unpaired) electrons. The van der Waals surface area contributed by atoms with Gasteiger partial charge in [-0.1, -0.05) is 160 Å². The molecule has 0 N–H and O–H groups in total. The minimum Gasteiger partial charge on any atom is -0.459 e. The van der Waals surface area contributed by atoms with Crippen LogP contribution in [0.3, 0.4) is 0 Å². The van der Waals surface area contributed by atoms with Crippen molar-refractivity contribution in [1.29, 1.82) is 0 Å². The largest absolute Gasteiger partial charge is 0.459 e. The fourth-order valence-electron chi connectivity index (χ4n) is 9.88. The second-order valence-electron chi connectivity index (χ2n) is 20.1. The summed E-state index contributed by atoms with van der Waals surface area (Å²) in [5, 5.41) is 1.23. The Morgan fingerprint density at radius 2 is 0.815 bits per heavy atom. The van der Waals surface area contributed by atoms with Gasteiger partial charge in [-0.2, -0.15) is 0 Å². The van der Waals surface area contributed by atoms with E-state index in [9.17, 15) is 28.8 Å². The van der Waals surface area contributed by atoms with E-state index in [0.29, 0.717) is 0 Å². The molecule has 0 unspecified atom stereocenters. The van der Waals surface area contributed by atoms with Crippen LogP contribution in [0.15, 0.2) is 195 Å². The van der Waals surface area contributed by atoms with Crippen LogP contribution in [-0.2, 0) is 61.4 Å². The third kappa shape index (κ3) is 14.5. The van der Waals surface area contributed by atoms with E-state index in [-0.39, 0.29) is 35.5 Å². The molecule has 0 aliphatic carbocycles. The summed E-state index contributed by atoms with van der Waals surface area (Å²) >= 11 is 0. The van der Waals surface area contributed by atoms with Crippen LogP contribution in [0.25, 0.3) is 0 Å². The fourth-order valence-corrected chi connectivity index (χ4v) is 14.4. The van der Waals surface area contributed by atoms with E-state index in [0.717, 1.165) is 24.2 Å². The van der Waals surface area contributed by atoms with Crippen molar-refractivity contribution in [2.75, 3.05) is 19.8 Å². The second-order valence-corrected chi connectivity index (χ2v) is 24.4. The topological polar surface area (TPSA) is 204 Å². The van der Waals surface area contributed by atoms with Crippen molar-refractivity contribution >= 4 is 54.5 Å². The molecule has 2 heterocycles. The summed E-state index contributed by atoms with van der Waals surface area (Å²) in [7, 11) is -3.45. The molecule has 2 aliphatic heterocycles. The minimum atomic E-state index is -3.45. The highest BCUT2D eigenvalue weighted by Gasteiger charge is 2.59. The molecule has 0 spiro atoms. The molecule has 2 fully saturated rings. The molecule has 81 heavy (non-hydrogen) atoms. The molecular weight excluding hydrogens is 1060 g/mol. The number of hydrogen-bond donors (Lipinski definition) is 0. The first kappa shape index (κ1) is 59.0. The lowest BCUT2D eigenvalue weighted by atomic mass is 9.95. The van der Waals surface area contributed by atoms with Crippen LogP contribution in [0.4, 0.5) is 0 Å². The highest BCUT2D eigenvalue weighted by molar-refractivity contribution is 6.99. The Morgan fingerprint density at radius 1 is 0.457 bits per heavy atom. The van der Waals surface area contributed by atoms with Crippen LogP contribution in [0.5, 0.6) is 0 Å². The molecule has 2 aliphatic rings.